The molecule has 0 saturated carbocycles. The topological polar surface area (TPSA) is 0 Å². The van der Waals surface area contributed by atoms with E-state index in [1.54, 1.807) is 14.7 Å². The lowest BCUT2D eigenvalue weighted by atomic mass is 10.3. The zero-order valence-electron chi connectivity index (χ0n) is 17.3. The Balaban J connectivity index is 3.01. The highest BCUT2D eigenvalue weighted by atomic mass is 32.2. The number of thioether (sulfide) groups is 4. The van der Waals surface area contributed by atoms with Crippen LogP contribution in [0.2, 0.25) is 0 Å². The Hall–Kier alpha value is 0.620. The van der Waals surface area contributed by atoms with Crippen LogP contribution >= 0.6 is 47.0 Å². The van der Waals surface area contributed by atoms with Crippen LogP contribution in [0.3, 0.4) is 0 Å². The van der Waals surface area contributed by atoms with Crippen LogP contribution in [0.4, 0.5) is 0 Å². The lowest BCUT2D eigenvalue weighted by molar-refractivity contribution is 0.887. The molecule has 26 heavy (non-hydrogen) atoms. The molecule has 0 heterocycles. The molecule has 1 rings (SSSR count). The van der Waals surface area contributed by atoms with Gasteiger partial charge in [0.1, 0.15) is 0 Å². The molecule has 0 aliphatic carbocycles. The van der Waals surface area contributed by atoms with Crippen molar-refractivity contribution in [3.63, 3.8) is 0 Å². The van der Waals surface area contributed by atoms with Gasteiger partial charge >= 0.3 is 0 Å². The van der Waals surface area contributed by atoms with Crippen LogP contribution in [-0.2, 0) is 0 Å². The van der Waals surface area contributed by atoms with Gasteiger partial charge in [0.2, 0.25) is 0 Å². The normalized spacial score (nSPS) is 11.2. The molecule has 1 aromatic carbocycles. The maximum absolute atomic E-state index is 2.48. The summed E-state index contributed by atoms with van der Waals surface area (Å²) in [4.78, 5) is 6.14. The van der Waals surface area contributed by atoms with E-state index in [-0.39, 0.29) is 0 Å². The second-order valence-electron chi connectivity index (χ2n) is 6.56. The Morgan fingerprint density at radius 1 is 0.538 bits per heavy atom. The minimum Gasteiger partial charge on any atom is -0.126 e. The number of unbranched alkanes of at least 4 members (excludes halogenated alkanes) is 4. The van der Waals surface area contributed by atoms with Crippen LogP contribution in [0.25, 0.3) is 0 Å². The summed E-state index contributed by atoms with van der Waals surface area (Å²) in [6.07, 6.45) is 10.4. The summed E-state index contributed by atoms with van der Waals surface area (Å²) < 4.78 is 0. The molecule has 0 nitrogen and oxygen atoms in total. The molecule has 0 unspecified atom stereocenters. The molecule has 0 spiro atoms. The molecule has 1 aromatic rings. The van der Waals surface area contributed by atoms with Gasteiger partial charge in [-0.1, -0.05) is 53.4 Å². The molecular formula is C22H38S4. The van der Waals surface area contributed by atoms with Crippen molar-refractivity contribution in [2.24, 2.45) is 0 Å². The van der Waals surface area contributed by atoms with E-state index in [0.29, 0.717) is 0 Å². The Morgan fingerprint density at radius 2 is 0.923 bits per heavy atom. The Kier molecular flexibility index (Phi) is 15.7. The van der Waals surface area contributed by atoms with E-state index < -0.39 is 0 Å². The standard InChI is InChI=1S/C22H38S4/c1-5-9-13-23-19-17-20(24-14-10-6-2)22(26-16-12-8-4)21(18-19)25-15-11-7-3/h17-18H,5-16H2,1-4H3. The smallest absolute Gasteiger partial charge is 0.0345 e. The largest absolute Gasteiger partial charge is 0.126 e. The van der Waals surface area contributed by atoms with Crippen LogP contribution in [0.1, 0.15) is 79.1 Å². The second-order valence-corrected chi connectivity index (χ2v) is 11.1. The van der Waals surface area contributed by atoms with Gasteiger partial charge in [0.25, 0.3) is 0 Å². The average Bonchev–Trinajstić information content (AvgIpc) is 2.64. The fraction of sp³-hybridized carbons (Fsp3) is 0.727. The first-order chi connectivity index (χ1) is 12.8. The molecule has 4 heteroatoms. The minimum atomic E-state index is 1.25. The minimum absolute atomic E-state index is 1.25. The van der Waals surface area contributed by atoms with E-state index in [0.717, 1.165) is 0 Å². The molecule has 150 valence electrons. The summed E-state index contributed by atoms with van der Waals surface area (Å²) in [6.45, 7) is 9.16. The van der Waals surface area contributed by atoms with Gasteiger partial charge < -0.3 is 0 Å². The molecule has 0 radical (unpaired) electrons. The molecular weight excluding hydrogens is 393 g/mol. The van der Waals surface area contributed by atoms with Crippen molar-refractivity contribution in [1.82, 2.24) is 0 Å². The Labute approximate surface area is 180 Å². The van der Waals surface area contributed by atoms with Gasteiger partial charge in [-0.3, -0.25) is 0 Å². The van der Waals surface area contributed by atoms with E-state index >= 15 is 0 Å². The molecule has 0 fully saturated rings. The molecule has 0 bridgehead atoms. The lowest BCUT2D eigenvalue weighted by Gasteiger charge is -2.16. The van der Waals surface area contributed by atoms with Crippen LogP contribution in [0, 0.1) is 0 Å². The summed E-state index contributed by atoms with van der Waals surface area (Å²) >= 11 is 8.33. The summed E-state index contributed by atoms with van der Waals surface area (Å²) in [5.74, 6) is 5.00. The van der Waals surface area contributed by atoms with Gasteiger partial charge in [0, 0.05) is 19.6 Å². The summed E-state index contributed by atoms with van der Waals surface area (Å²) in [6, 6.07) is 4.97. The third-order valence-electron chi connectivity index (χ3n) is 4.02. The second kappa shape index (κ2) is 16.6. The van der Waals surface area contributed by atoms with Crippen molar-refractivity contribution >= 4 is 47.0 Å². The lowest BCUT2D eigenvalue weighted by Crippen LogP contribution is -1.92. The van der Waals surface area contributed by atoms with E-state index in [4.69, 9.17) is 0 Å². The van der Waals surface area contributed by atoms with Crippen molar-refractivity contribution < 1.29 is 0 Å². The van der Waals surface area contributed by atoms with E-state index in [1.807, 2.05) is 0 Å². The molecule has 0 aliphatic heterocycles. The SMILES string of the molecule is CCCCSc1cc(SCCCC)c(SCCCC)c(SCCCC)c1. The summed E-state index contributed by atoms with van der Waals surface area (Å²) in [5, 5.41) is 0. The van der Waals surface area contributed by atoms with Crippen LogP contribution < -0.4 is 0 Å². The molecule has 0 amide bonds. The molecule has 0 aromatic heterocycles. The number of hydrogen-bond donors (Lipinski definition) is 0. The van der Waals surface area contributed by atoms with Gasteiger partial charge in [-0.25, -0.2) is 0 Å². The molecule has 0 aliphatic rings. The summed E-state index contributed by atoms with van der Waals surface area (Å²) in [5.41, 5.74) is 0. The van der Waals surface area contributed by atoms with E-state index in [1.165, 1.54) is 79.3 Å². The highest BCUT2D eigenvalue weighted by molar-refractivity contribution is 8.04. The zero-order valence-corrected chi connectivity index (χ0v) is 20.5. The molecule has 0 atom stereocenters. The van der Waals surface area contributed by atoms with Gasteiger partial charge in [-0.2, -0.15) is 0 Å². The van der Waals surface area contributed by atoms with Crippen molar-refractivity contribution in [3.05, 3.63) is 12.1 Å². The first kappa shape index (κ1) is 24.7. The van der Waals surface area contributed by atoms with Gasteiger partial charge in [0.15, 0.2) is 0 Å². The van der Waals surface area contributed by atoms with Crippen molar-refractivity contribution in [3.8, 4) is 0 Å². The predicted molar refractivity (Wildman–Crippen MR) is 129 cm³/mol. The Bertz CT molecular complexity index is 442. The average molecular weight is 431 g/mol. The highest BCUT2D eigenvalue weighted by Crippen LogP contribution is 2.42. The Morgan fingerprint density at radius 3 is 1.35 bits per heavy atom. The van der Waals surface area contributed by atoms with Gasteiger partial charge in [0.05, 0.1) is 0 Å². The highest BCUT2D eigenvalue weighted by Gasteiger charge is 2.13. The molecule has 0 N–H and O–H groups in total. The van der Waals surface area contributed by atoms with Crippen molar-refractivity contribution in [2.75, 3.05) is 23.0 Å². The first-order valence-electron chi connectivity index (χ1n) is 10.5. The van der Waals surface area contributed by atoms with E-state index in [2.05, 4.69) is 86.9 Å². The van der Waals surface area contributed by atoms with Crippen molar-refractivity contribution in [2.45, 2.75) is 98.6 Å². The quantitative estimate of drug-likeness (QED) is 0.189. The van der Waals surface area contributed by atoms with Crippen molar-refractivity contribution in [1.29, 1.82) is 0 Å². The number of benzene rings is 1. The van der Waals surface area contributed by atoms with Gasteiger partial charge in [-0.05, 0) is 60.8 Å². The van der Waals surface area contributed by atoms with Gasteiger partial charge in [-0.15, -0.1) is 47.0 Å². The fourth-order valence-corrected chi connectivity index (χ4v) is 7.54. The van der Waals surface area contributed by atoms with Crippen LogP contribution in [0.5, 0.6) is 0 Å². The third-order valence-corrected chi connectivity index (χ3v) is 8.81. The fourth-order valence-electron chi connectivity index (χ4n) is 2.30. The first-order valence-corrected chi connectivity index (χ1v) is 14.4. The zero-order chi connectivity index (χ0) is 19.0. The monoisotopic (exact) mass is 430 g/mol. The molecule has 0 saturated heterocycles. The maximum Gasteiger partial charge on any atom is 0.0345 e. The van der Waals surface area contributed by atoms with E-state index in [9.17, 15) is 0 Å². The van der Waals surface area contributed by atoms with Crippen LogP contribution in [-0.4, -0.2) is 23.0 Å². The predicted octanol–water partition coefficient (Wildman–Crippen LogP) is 9.26. The third kappa shape index (κ3) is 10.2. The number of rotatable bonds is 16. The maximum atomic E-state index is 2.48. The number of hydrogen-bond acceptors (Lipinski definition) is 4. The summed E-state index contributed by atoms with van der Waals surface area (Å²) in [7, 11) is 0. The van der Waals surface area contributed by atoms with Crippen LogP contribution in [0.15, 0.2) is 31.7 Å².